The lowest BCUT2D eigenvalue weighted by Crippen LogP contribution is -2.30. The summed E-state index contributed by atoms with van der Waals surface area (Å²) in [5.74, 6) is 2.05. The predicted octanol–water partition coefficient (Wildman–Crippen LogP) is 1.27. The van der Waals surface area contributed by atoms with E-state index >= 15 is 0 Å². The molecule has 0 saturated heterocycles. The van der Waals surface area contributed by atoms with E-state index in [1.54, 1.807) is 0 Å². The summed E-state index contributed by atoms with van der Waals surface area (Å²) in [6, 6.07) is 0. The molecule has 0 amide bonds. The van der Waals surface area contributed by atoms with Gasteiger partial charge in [0.2, 0.25) is 0 Å². The lowest BCUT2D eigenvalue weighted by Gasteiger charge is -2.26. The highest BCUT2D eigenvalue weighted by molar-refractivity contribution is 6.31. The van der Waals surface area contributed by atoms with Gasteiger partial charge in [0.25, 0.3) is 0 Å². The Balaban J connectivity index is 2.56. The van der Waals surface area contributed by atoms with Crippen molar-refractivity contribution < 1.29 is 4.74 Å². The van der Waals surface area contributed by atoms with Gasteiger partial charge < -0.3 is 9.64 Å². The maximum atomic E-state index is 5.91. The normalized spacial score (nSPS) is 15.2. The van der Waals surface area contributed by atoms with Crippen LogP contribution in [0.2, 0.25) is 5.15 Å². The van der Waals surface area contributed by atoms with Gasteiger partial charge in [0.05, 0.1) is 6.54 Å². The van der Waals surface area contributed by atoms with E-state index in [0.29, 0.717) is 23.3 Å². The molecule has 0 bridgehead atoms. The van der Waals surface area contributed by atoms with Crippen molar-refractivity contribution in [3.63, 3.8) is 0 Å². The number of fused-ring (bicyclic) bond motifs is 1. The second-order valence-corrected chi connectivity index (χ2v) is 3.34. The van der Waals surface area contributed by atoms with Crippen molar-refractivity contribution in [1.82, 2.24) is 9.97 Å². The smallest absolute Gasteiger partial charge is 0.199 e. The van der Waals surface area contributed by atoms with Gasteiger partial charge in [-0.25, -0.2) is 9.97 Å². The van der Waals surface area contributed by atoms with Crippen LogP contribution in [-0.4, -0.2) is 30.2 Å². The number of halogens is 1. The van der Waals surface area contributed by atoms with Crippen LogP contribution < -0.4 is 9.64 Å². The number of hydrogen-bond acceptors (Lipinski definition) is 4. The molecule has 0 aromatic carbocycles. The van der Waals surface area contributed by atoms with Gasteiger partial charge in [0, 0.05) is 7.05 Å². The molecule has 5 heteroatoms. The summed E-state index contributed by atoms with van der Waals surface area (Å²) in [4.78, 5) is 10.3. The number of aryl methyl sites for hydroxylation is 1. The second-order valence-electron chi connectivity index (χ2n) is 2.98. The van der Waals surface area contributed by atoms with Gasteiger partial charge in [0.1, 0.15) is 12.4 Å². The molecule has 0 aliphatic carbocycles. The summed E-state index contributed by atoms with van der Waals surface area (Å²) in [6.07, 6.45) is 0. The van der Waals surface area contributed by atoms with E-state index in [9.17, 15) is 0 Å². The molecule has 1 aromatic heterocycles. The zero-order valence-electron chi connectivity index (χ0n) is 7.54. The van der Waals surface area contributed by atoms with Gasteiger partial charge >= 0.3 is 0 Å². The maximum Gasteiger partial charge on any atom is 0.199 e. The molecule has 2 heterocycles. The van der Waals surface area contributed by atoms with Gasteiger partial charge in [-0.1, -0.05) is 11.6 Å². The number of ether oxygens (including phenoxy) is 1. The molecule has 0 radical (unpaired) electrons. The lowest BCUT2D eigenvalue weighted by atomic mass is 10.4. The average molecular weight is 200 g/mol. The van der Waals surface area contributed by atoms with Crippen molar-refractivity contribution in [2.75, 3.05) is 25.1 Å². The lowest BCUT2D eigenvalue weighted by molar-refractivity contribution is 0.307. The molecule has 4 nitrogen and oxygen atoms in total. The maximum absolute atomic E-state index is 5.91. The SMILES string of the molecule is Cc1nc(Cl)c2c(n1)N(C)CCO2. The van der Waals surface area contributed by atoms with Crippen LogP contribution in [0.3, 0.4) is 0 Å². The molecule has 1 aromatic rings. The first-order valence-corrected chi connectivity index (χ1v) is 4.44. The van der Waals surface area contributed by atoms with Crippen LogP contribution in [0.1, 0.15) is 5.82 Å². The number of hydrogen-bond donors (Lipinski definition) is 0. The van der Waals surface area contributed by atoms with Gasteiger partial charge in [-0.2, -0.15) is 0 Å². The fraction of sp³-hybridized carbons (Fsp3) is 0.500. The summed E-state index contributed by atoms with van der Waals surface area (Å²) in [5.41, 5.74) is 0. The van der Waals surface area contributed by atoms with Crippen molar-refractivity contribution in [3.8, 4) is 5.75 Å². The zero-order valence-corrected chi connectivity index (χ0v) is 8.30. The molecule has 13 heavy (non-hydrogen) atoms. The van der Waals surface area contributed by atoms with Crippen LogP contribution in [0, 0.1) is 6.92 Å². The van der Waals surface area contributed by atoms with Crippen molar-refractivity contribution in [3.05, 3.63) is 11.0 Å². The number of aromatic nitrogens is 2. The minimum Gasteiger partial charge on any atom is -0.485 e. The fourth-order valence-electron chi connectivity index (χ4n) is 1.29. The molecule has 0 N–H and O–H groups in total. The molecule has 0 spiro atoms. The van der Waals surface area contributed by atoms with Gasteiger partial charge in [-0.05, 0) is 6.92 Å². The van der Waals surface area contributed by atoms with E-state index in [1.165, 1.54) is 0 Å². The Bertz CT molecular complexity index is 342. The fourth-order valence-corrected chi connectivity index (χ4v) is 1.55. The highest BCUT2D eigenvalue weighted by atomic mass is 35.5. The zero-order chi connectivity index (χ0) is 9.42. The Labute approximate surface area is 81.5 Å². The summed E-state index contributed by atoms with van der Waals surface area (Å²) in [6.45, 7) is 3.28. The Morgan fingerprint density at radius 1 is 1.46 bits per heavy atom. The minimum absolute atomic E-state index is 0.397. The molecular weight excluding hydrogens is 190 g/mol. The summed E-state index contributed by atoms with van der Waals surface area (Å²) in [5, 5.41) is 0.397. The summed E-state index contributed by atoms with van der Waals surface area (Å²) < 4.78 is 5.38. The Hall–Kier alpha value is -1.03. The third kappa shape index (κ3) is 1.42. The Kier molecular flexibility index (Phi) is 2.00. The standard InChI is InChI=1S/C8H10ClN3O/c1-5-10-7(9)6-8(11-5)12(2)3-4-13-6/h3-4H2,1-2H3. The van der Waals surface area contributed by atoms with E-state index in [0.717, 1.165) is 12.4 Å². The monoisotopic (exact) mass is 199 g/mol. The molecule has 1 aliphatic heterocycles. The third-order valence-corrected chi connectivity index (χ3v) is 2.21. The van der Waals surface area contributed by atoms with Crippen LogP contribution >= 0.6 is 11.6 Å². The van der Waals surface area contributed by atoms with Crippen molar-refractivity contribution in [1.29, 1.82) is 0 Å². The van der Waals surface area contributed by atoms with E-state index < -0.39 is 0 Å². The third-order valence-electron chi connectivity index (χ3n) is 1.95. The molecule has 0 saturated carbocycles. The number of nitrogens with zero attached hydrogens (tertiary/aromatic N) is 3. The molecular formula is C8H10ClN3O. The Morgan fingerprint density at radius 3 is 3.00 bits per heavy atom. The first-order valence-electron chi connectivity index (χ1n) is 4.06. The van der Waals surface area contributed by atoms with E-state index in [-0.39, 0.29) is 0 Å². The highest BCUT2D eigenvalue weighted by Crippen LogP contribution is 2.34. The Morgan fingerprint density at radius 2 is 2.23 bits per heavy atom. The predicted molar refractivity (Wildman–Crippen MR) is 50.5 cm³/mol. The van der Waals surface area contributed by atoms with E-state index in [4.69, 9.17) is 16.3 Å². The van der Waals surface area contributed by atoms with Crippen LogP contribution in [-0.2, 0) is 0 Å². The minimum atomic E-state index is 0.397. The van der Waals surface area contributed by atoms with Crippen LogP contribution in [0.5, 0.6) is 5.75 Å². The molecule has 0 fully saturated rings. The van der Waals surface area contributed by atoms with Crippen molar-refractivity contribution in [2.45, 2.75) is 6.92 Å². The van der Waals surface area contributed by atoms with Gasteiger partial charge in [0.15, 0.2) is 16.7 Å². The molecule has 70 valence electrons. The summed E-state index contributed by atoms with van der Waals surface area (Å²) >= 11 is 5.91. The van der Waals surface area contributed by atoms with Crippen LogP contribution in [0.4, 0.5) is 5.82 Å². The van der Waals surface area contributed by atoms with Crippen LogP contribution in [0.25, 0.3) is 0 Å². The summed E-state index contributed by atoms with van der Waals surface area (Å²) in [7, 11) is 1.96. The van der Waals surface area contributed by atoms with Gasteiger partial charge in [-0.3, -0.25) is 0 Å². The number of likely N-dealkylation sites (N-methyl/N-ethyl adjacent to an activating group) is 1. The number of anilines is 1. The topological polar surface area (TPSA) is 38.2 Å². The number of rotatable bonds is 0. The largest absolute Gasteiger partial charge is 0.485 e. The van der Waals surface area contributed by atoms with E-state index in [2.05, 4.69) is 9.97 Å². The quantitative estimate of drug-likeness (QED) is 0.590. The molecule has 2 rings (SSSR count). The highest BCUT2D eigenvalue weighted by Gasteiger charge is 2.20. The van der Waals surface area contributed by atoms with E-state index in [1.807, 2.05) is 18.9 Å². The average Bonchev–Trinajstić information content (AvgIpc) is 2.07. The first kappa shape index (κ1) is 8.56. The molecule has 0 unspecified atom stereocenters. The van der Waals surface area contributed by atoms with Crippen molar-refractivity contribution in [2.24, 2.45) is 0 Å². The molecule has 1 aliphatic rings. The van der Waals surface area contributed by atoms with Crippen molar-refractivity contribution >= 4 is 17.4 Å². The van der Waals surface area contributed by atoms with Crippen LogP contribution in [0.15, 0.2) is 0 Å². The molecule has 0 atom stereocenters. The first-order chi connectivity index (χ1) is 6.18. The second kappa shape index (κ2) is 3.03. The van der Waals surface area contributed by atoms with Gasteiger partial charge in [-0.15, -0.1) is 0 Å².